The third-order valence-electron chi connectivity index (χ3n) is 8.64. The normalized spacial score (nSPS) is 11.4. The number of hydrogen-bond acceptors (Lipinski definition) is 5. The van der Waals surface area contributed by atoms with Crippen LogP contribution in [-0.4, -0.2) is 44.6 Å². The topological polar surface area (TPSA) is 82.5 Å². The third kappa shape index (κ3) is 6.03. The van der Waals surface area contributed by atoms with Gasteiger partial charge in [0.2, 0.25) is 0 Å². The summed E-state index contributed by atoms with van der Waals surface area (Å²) < 4.78 is 15.9. The molecule has 2 aromatic carbocycles. The summed E-state index contributed by atoms with van der Waals surface area (Å²) in [5.41, 5.74) is 9.18. The van der Waals surface area contributed by atoms with Crippen molar-refractivity contribution in [1.82, 2.24) is 19.2 Å². The molecule has 1 amide bonds. The van der Waals surface area contributed by atoms with Gasteiger partial charge in [-0.05, 0) is 89.3 Å². The van der Waals surface area contributed by atoms with Crippen LogP contribution in [0.1, 0.15) is 73.8 Å². The fourth-order valence-corrected chi connectivity index (χ4v) is 6.48. The van der Waals surface area contributed by atoms with Crippen molar-refractivity contribution in [2.75, 3.05) is 13.7 Å². The lowest BCUT2D eigenvalue weighted by Crippen LogP contribution is -2.28. The van der Waals surface area contributed by atoms with Crippen LogP contribution in [0, 0.1) is 34.6 Å². The van der Waals surface area contributed by atoms with Crippen molar-refractivity contribution in [3.8, 4) is 16.9 Å². The Kier molecular flexibility index (Phi) is 8.99. The minimum absolute atomic E-state index is 0.0629. The fourth-order valence-electron chi connectivity index (χ4n) is 6.37. The number of hydrogen-bond donors (Lipinski definition) is 0. The monoisotopic (exact) mass is 628 g/mol. The van der Waals surface area contributed by atoms with Crippen LogP contribution in [0.5, 0.6) is 5.75 Å². The molecule has 0 atom stereocenters. The highest BCUT2D eigenvalue weighted by Gasteiger charge is 2.27. The number of rotatable bonds is 10. The molecule has 0 radical (unpaired) electrons. The molecule has 8 nitrogen and oxygen atoms in total. The Morgan fingerprint density at radius 3 is 2.33 bits per heavy atom. The number of ketones is 1. The molecule has 9 heteroatoms. The number of para-hydroxylation sites is 1. The van der Waals surface area contributed by atoms with Gasteiger partial charge in [0.15, 0.2) is 5.78 Å². The molecule has 0 aliphatic heterocycles. The summed E-state index contributed by atoms with van der Waals surface area (Å²) >= 11 is 6.35. The van der Waals surface area contributed by atoms with E-state index in [2.05, 4.69) is 30.2 Å². The van der Waals surface area contributed by atoms with Gasteiger partial charge in [-0.15, -0.1) is 0 Å². The number of benzene rings is 2. The molecule has 3 heterocycles. The molecule has 3 aromatic heterocycles. The SMILES string of the molecule is CC(=O)c1cc(CN(C)C(=O)c2c(CCCOc3cc(C)c(Cl)c(C)c3)c3cccc(-c4c(C)nn(C)c4C)c3n2C)oc1C. The zero-order chi connectivity index (χ0) is 32.7. The summed E-state index contributed by atoms with van der Waals surface area (Å²) in [6.45, 7) is 12.0. The van der Waals surface area contributed by atoms with Crippen LogP contribution in [0.25, 0.3) is 22.0 Å². The molecule has 0 aliphatic rings. The molecule has 236 valence electrons. The summed E-state index contributed by atoms with van der Waals surface area (Å²) in [4.78, 5) is 27.9. The Morgan fingerprint density at radius 2 is 1.73 bits per heavy atom. The Bertz CT molecular complexity index is 1920. The molecule has 0 spiro atoms. The van der Waals surface area contributed by atoms with Crippen molar-refractivity contribution in [1.29, 1.82) is 0 Å². The van der Waals surface area contributed by atoms with Gasteiger partial charge in [0.25, 0.3) is 5.91 Å². The maximum absolute atomic E-state index is 14.3. The molecule has 0 saturated carbocycles. The highest BCUT2D eigenvalue weighted by Crippen LogP contribution is 2.38. The predicted octanol–water partition coefficient (Wildman–Crippen LogP) is 7.85. The van der Waals surface area contributed by atoms with Crippen molar-refractivity contribution < 1.29 is 18.7 Å². The lowest BCUT2D eigenvalue weighted by molar-refractivity contribution is 0.0764. The van der Waals surface area contributed by atoms with E-state index in [1.165, 1.54) is 6.92 Å². The van der Waals surface area contributed by atoms with Gasteiger partial charge in [-0.25, -0.2) is 0 Å². The largest absolute Gasteiger partial charge is 0.494 e. The number of nitrogens with zero attached hydrogens (tertiary/aromatic N) is 4. The first-order chi connectivity index (χ1) is 21.3. The summed E-state index contributed by atoms with van der Waals surface area (Å²) in [5.74, 6) is 1.72. The van der Waals surface area contributed by atoms with Crippen LogP contribution in [0.3, 0.4) is 0 Å². The standard InChI is InChI=1S/C36H41ClN4O4/c1-20-16-26(17-21(2)33(20)37)44-15-11-14-29-28-12-10-13-30(32-22(3)38-41(9)23(32)4)34(28)40(8)35(29)36(43)39(7)19-27-18-31(24(5)42)25(6)45-27/h10,12-13,16-18H,11,14-15,19H2,1-9H3. The number of fused-ring (bicyclic) bond motifs is 1. The van der Waals surface area contributed by atoms with Gasteiger partial charge in [0.05, 0.1) is 29.9 Å². The number of amides is 1. The van der Waals surface area contributed by atoms with Crippen LogP contribution in [0.15, 0.2) is 40.8 Å². The minimum Gasteiger partial charge on any atom is -0.494 e. The molecule has 0 aliphatic carbocycles. The first-order valence-electron chi connectivity index (χ1n) is 15.2. The van der Waals surface area contributed by atoms with E-state index in [0.29, 0.717) is 42.2 Å². The second kappa shape index (κ2) is 12.6. The number of carbonyl (C=O) groups is 2. The van der Waals surface area contributed by atoms with Crippen molar-refractivity contribution >= 4 is 34.2 Å². The third-order valence-corrected chi connectivity index (χ3v) is 9.23. The number of aromatic nitrogens is 3. The molecular weight excluding hydrogens is 588 g/mol. The fraction of sp³-hybridized carbons (Fsp3) is 0.361. The average molecular weight is 629 g/mol. The van der Waals surface area contributed by atoms with Crippen LogP contribution < -0.4 is 4.74 Å². The number of aryl methyl sites for hydroxylation is 7. The molecule has 0 bridgehead atoms. The molecule has 0 N–H and O–H groups in total. The number of ether oxygens (including phenoxy) is 1. The second-order valence-corrected chi connectivity index (χ2v) is 12.4. The summed E-state index contributed by atoms with van der Waals surface area (Å²) in [5, 5.41) is 6.44. The van der Waals surface area contributed by atoms with Gasteiger partial charge in [0.1, 0.15) is 23.0 Å². The number of Topliss-reactive ketones (excluding diaryl/α,β-unsaturated/α-hetero) is 1. The Balaban J connectivity index is 1.53. The van der Waals surface area contributed by atoms with Crippen LogP contribution in [-0.2, 0) is 27.1 Å². The van der Waals surface area contributed by atoms with Gasteiger partial charge < -0.3 is 18.6 Å². The van der Waals surface area contributed by atoms with E-state index in [-0.39, 0.29) is 18.2 Å². The van der Waals surface area contributed by atoms with Gasteiger partial charge >= 0.3 is 0 Å². The molecule has 0 fully saturated rings. The Morgan fingerprint density at radius 1 is 1.04 bits per heavy atom. The predicted molar refractivity (Wildman–Crippen MR) is 179 cm³/mol. The van der Waals surface area contributed by atoms with E-state index in [0.717, 1.165) is 60.9 Å². The van der Waals surface area contributed by atoms with E-state index >= 15 is 0 Å². The number of furan rings is 1. The van der Waals surface area contributed by atoms with Crippen LogP contribution >= 0.6 is 11.6 Å². The van der Waals surface area contributed by atoms with E-state index in [4.69, 9.17) is 20.8 Å². The van der Waals surface area contributed by atoms with Crippen molar-refractivity contribution in [3.05, 3.63) is 92.3 Å². The van der Waals surface area contributed by atoms with Gasteiger partial charge in [-0.1, -0.05) is 29.8 Å². The maximum atomic E-state index is 14.3. The van der Waals surface area contributed by atoms with Crippen molar-refractivity contribution in [2.45, 2.75) is 60.9 Å². The van der Waals surface area contributed by atoms with E-state index < -0.39 is 0 Å². The summed E-state index contributed by atoms with van der Waals surface area (Å²) in [7, 11) is 5.67. The Labute approximate surface area is 269 Å². The first kappa shape index (κ1) is 32.1. The molecule has 0 saturated heterocycles. The van der Waals surface area contributed by atoms with Crippen LogP contribution in [0.4, 0.5) is 0 Å². The Hall–Kier alpha value is -4.30. The number of carbonyl (C=O) groups excluding carboxylic acids is 2. The van der Waals surface area contributed by atoms with Gasteiger partial charge in [-0.3, -0.25) is 14.3 Å². The van der Waals surface area contributed by atoms with Gasteiger partial charge in [-0.2, -0.15) is 5.10 Å². The zero-order valence-electron chi connectivity index (χ0n) is 27.6. The van der Waals surface area contributed by atoms with Crippen LogP contribution in [0.2, 0.25) is 5.02 Å². The summed E-state index contributed by atoms with van der Waals surface area (Å²) in [6.07, 6.45) is 1.35. The van der Waals surface area contributed by atoms with Gasteiger partial charge in [0, 0.05) is 48.4 Å². The molecular formula is C36H41ClN4O4. The summed E-state index contributed by atoms with van der Waals surface area (Å²) in [6, 6.07) is 11.9. The maximum Gasteiger partial charge on any atom is 0.270 e. The quantitative estimate of drug-likeness (QED) is 0.116. The highest BCUT2D eigenvalue weighted by atomic mass is 35.5. The van der Waals surface area contributed by atoms with Crippen molar-refractivity contribution in [2.24, 2.45) is 14.1 Å². The number of halogens is 1. The smallest absolute Gasteiger partial charge is 0.270 e. The molecule has 5 rings (SSSR count). The molecule has 5 aromatic rings. The lowest BCUT2D eigenvalue weighted by Gasteiger charge is -2.18. The lowest BCUT2D eigenvalue weighted by atomic mass is 9.98. The van der Waals surface area contributed by atoms with E-state index in [1.807, 2.05) is 56.2 Å². The van der Waals surface area contributed by atoms with E-state index in [1.54, 1.807) is 24.9 Å². The molecule has 0 unspecified atom stereocenters. The zero-order valence-corrected chi connectivity index (χ0v) is 28.3. The average Bonchev–Trinajstić information content (AvgIpc) is 3.58. The van der Waals surface area contributed by atoms with Crippen molar-refractivity contribution in [3.63, 3.8) is 0 Å². The van der Waals surface area contributed by atoms with E-state index in [9.17, 15) is 9.59 Å². The first-order valence-corrected chi connectivity index (χ1v) is 15.5. The highest BCUT2D eigenvalue weighted by molar-refractivity contribution is 6.32. The molecule has 45 heavy (non-hydrogen) atoms. The second-order valence-electron chi connectivity index (χ2n) is 12.0. The minimum atomic E-state index is -0.127.